The van der Waals surface area contributed by atoms with Gasteiger partial charge in [0, 0.05) is 24.7 Å². The van der Waals surface area contributed by atoms with Crippen molar-refractivity contribution in [3.8, 4) is 17.2 Å². The summed E-state index contributed by atoms with van der Waals surface area (Å²) in [7, 11) is 1.60. The van der Waals surface area contributed by atoms with E-state index in [-0.39, 0.29) is 6.61 Å². The van der Waals surface area contributed by atoms with Crippen LogP contribution in [0.2, 0.25) is 0 Å². The molecule has 0 aromatic heterocycles. The number of hydrogen-bond acceptors (Lipinski definition) is 4. The third-order valence-electron chi connectivity index (χ3n) is 2.49. The third-order valence-corrected chi connectivity index (χ3v) is 2.49. The Kier molecular flexibility index (Phi) is 3.88. The second-order valence-electron chi connectivity index (χ2n) is 3.68. The first-order valence-corrected chi connectivity index (χ1v) is 5.60. The molecule has 92 valence electrons. The molecule has 0 atom stereocenters. The van der Waals surface area contributed by atoms with Gasteiger partial charge >= 0.3 is 0 Å². The monoisotopic (exact) mass is 236 g/mol. The number of fused-ring (bicyclic) bond motifs is 1. The van der Waals surface area contributed by atoms with Crippen LogP contribution in [0.4, 0.5) is 0 Å². The summed E-state index contributed by atoms with van der Waals surface area (Å²) in [5.41, 5.74) is 0.982. The highest BCUT2D eigenvalue weighted by atomic mass is 16.5. The Morgan fingerprint density at radius 3 is 3.00 bits per heavy atom. The SMILES string of the molecule is COc1cc2c(cc1OCCCO)C=CCO2. The fourth-order valence-electron chi connectivity index (χ4n) is 1.64. The Morgan fingerprint density at radius 1 is 1.35 bits per heavy atom. The molecule has 1 N–H and O–H groups in total. The minimum atomic E-state index is 0.121. The van der Waals surface area contributed by atoms with E-state index >= 15 is 0 Å². The molecule has 2 rings (SSSR count). The quantitative estimate of drug-likeness (QED) is 0.793. The zero-order chi connectivity index (χ0) is 12.1. The van der Waals surface area contributed by atoms with Crippen molar-refractivity contribution in [1.82, 2.24) is 0 Å². The summed E-state index contributed by atoms with van der Waals surface area (Å²) < 4.78 is 16.3. The first kappa shape index (κ1) is 11.8. The van der Waals surface area contributed by atoms with Gasteiger partial charge in [0.25, 0.3) is 0 Å². The van der Waals surface area contributed by atoms with Crippen LogP contribution in [-0.4, -0.2) is 32.0 Å². The van der Waals surface area contributed by atoms with Crippen LogP contribution < -0.4 is 14.2 Å². The van der Waals surface area contributed by atoms with Crippen LogP contribution in [0.3, 0.4) is 0 Å². The highest BCUT2D eigenvalue weighted by molar-refractivity contribution is 5.64. The maximum atomic E-state index is 8.72. The fourth-order valence-corrected chi connectivity index (χ4v) is 1.64. The summed E-state index contributed by atoms with van der Waals surface area (Å²) in [6.45, 7) is 1.17. The van der Waals surface area contributed by atoms with Gasteiger partial charge in [-0.3, -0.25) is 0 Å². The van der Waals surface area contributed by atoms with Gasteiger partial charge in [-0.15, -0.1) is 0 Å². The second kappa shape index (κ2) is 5.59. The standard InChI is InChI=1S/C13H16O4/c1-15-12-9-11-10(4-2-6-16-11)8-13(12)17-7-3-5-14/h2,4,8-9,14H,3,5-7H2,1H3. The van der Waals surface area contributed by atoms with Crippen molar-refractivity contribution < 1.29 is 19.3 Å². The summed E-state index contributed by atoms with van der Waals surface area (Å²) >= 11 is 0. The summed E-state index contributed by atoms with van der Waals surface area (Å²) in [5, 5.41) is 8.72. The molecule has 0 radical (unpaired) electrons. The van der Waals surface area contributed by atoms with E-state index in [1.165, 1.54) is 0 Å². The molecular weight excluding hydrogens is 220 g/mol. The molecular formula is C13H16O4. The lowest BCUT2D eigenvalue weighted by Crippen LogP contribution is -2.04. The van der Waals surface area contributed by atoms with Crippen molar-refractivity contribution in [3.05, 3.63) is 23.8 Å². The topological polar surface area (TPSA) is 47.9 Å². The highest BCUT2D eigenvalue weighted by Gasteiger charge is 2.13. The van der Waals surface area contributed by atoms with Crippen molar-refractivity contribution in [2.45, 2.75) is 6.42 Å². The highest BCUT2D eigenvalue weighted by Crippen LogP contribution is 2.36. The number of aliphatic hydroxyl groups excluding tert-OH is 1. The molecule has 1 heterocycles. The lowest BCUT2D eigenvalue weighted by atomic mass is 10.1. The molecule has 0 spiro atoms. The molecule has 4 nitrogen and oxygen atoms in total. The van der Waals surface area contributed by atoms with Gasteiger partial charge in [-0.05, 0) is 12.1 Å². The van der Waals surface area contributed by atoms with Crippen LogP contribution in [0.1, 0.15) is 12.0 Å². The summed E-state index contributed by atoms with van der Waals surface area (Å²) in [6, 6.07) is 3.72. The van der Waals surface area contributed by atoms with Crippen LogP contribution in [0.15, 0.2) is 18.2 Å². The Morgan fingerprint density at radius 2 is 2.24 bits per heavy atom. The molecule has 0 aliphatic carbocycles. The minimum absolute atomic E-state index is 0.121. The maximum Gasteiger partial charge on any atom is 0.164 e. The van der Waals surface area contributed by atoms with Crippen LogP contribution in [-0.2, 0) is 0 Å². The predicted octanol–water partition coefficient (Wildman–Crippen LogP) is 1.86. The van der Waals surface area contributed by atoms with Gasteiger partial charge in [-0.1, -0.05) is 6.08 Å². The van der Waals surface area contributed by atoms with Gasteiger partial charge in [0.05, 0.1) is 13.7 Å². The largest absolute Gasteiger partial charge is 0.493 e. The predicted molar refractivity (Wildman–Crippen MR) is 64.7 cm³/mol. The number of aliphatic hydroxyl groups is 1. The Labute approximate surface area is 100 Å². The number of rotatable bonds is 5. The first-order valence-electron chi connectivity index (χ1n) is 5.60. The van der Waals surface area contributed by atoms with Gasteiger partial charge in [-0.2, -0.15) is 0 Å². The molecule has 0 fully saturated rings. The van der Waals surface area contributed by atoms with E-state index in [0.29, 0.717) is 31.1 Å². The molecule has 1 aromatic rings. The lowest BCUT2D eigenvalue weighted by Gasteiger charge is -2.17. The summed E-state index contributed by atoms with van der Waals surface area (Å²) in [5.74, 6) is 2.13. The molecule has 17 heavy (non-hydrogen) atoms. The average Bonchev–Trinajstić information content (AvgIpc) is 2.38. The Bertz CT molecular complexity index is 412. The van der Waals surface area contributed by atoms with E-state index < -0.39 is 0 Å². The maximum absolute atomic E-state index is 8.72. The van der Waals surface area contributed by atoms with E-state index in [1.807, 2.05) is 24.3 Å². The van der Waals surface area contributed by atoms with Gasteiger partial charge in [0.2, 0.25) is 0 Å². The third kappa shape index (κ3) is 2.71. The van der Waals surface area contributed by atoms with E-state index in [0.717, 1.165) is 11.3 Å². The summed E-state index contributed by atoms with van der Waals surface area (Å²) in [6.07, 6.45) is 4.55. The first-order chi connectivity index (χ1) is 8.35. The molecule has 0 unspecified atom stereocenters. The van der Waals surface area contributed by atoms with Gasteiger partial charge in [0.1, 0.15) is 12.4 Å². The Balaban J connectivity index is 2.21. The number of benzene rings is 1. The molecule has 0 saturated heterocycles. The van der Waals surface area contributed by atoms with Crippen LogP contribution in [0.25, 0.3) is 6.08 Å². The van der Waals surface area contributed by atoms with Crippen molar-refractivity contribution >= 4 is 6.08 Å². The summed E-state index contributed by atoms with van der Waals surface area (Å²) in [4.78, 5) is 0. The zero-order valence-electron chi connectivity index (χ0n) is 9.81. The van der Waals surface area contributed by atoms with Crippen molar-refractivity contribution in [1.29, 1.82) is 0 Å². The van der Waals surface area contributed by atoms with Crippen LogP contribution >= 0.6 is 0 Å². The second-order valence-corrected chi connectivity index (χ2v) is 3.68. The molecule has 1 aliphatic heterocycles. The van der Waals surface area contributed by atoms with Crippen molar-refractivity contribution in [2.75, 3.05) is 26.9 Å². The van der Waals surface area contributed by atoms with Crippen LogP contribution in [0, 0.1) is 0 Å². The van der Waals surface area contributed by atoms with Crippen molar-refractivity contribution in [3.63, 3.8) is 0 Å². The number of ether oxygens (including phenoxy) is 3. The van der Waals surface area contributed by atoms with E-state index in [2.05, 4.69) is 0 Å². The normalized spacial score (nSPS) is 12.8. The van der Waals surface area contributed by atoms with Gasteiger partial charge < -0.3 is 19.3 Å². The lowest BCUT2D eigenvalue weighted by molar-refractivity contribution is 0.227. The molecule has 0 saturated carbocycles. The minimum Gasteiger partial charge on any atom is -0.493 e. The molecule has 1 aliphatic rings. The van der Waals surface area contributed by atoms with Crippen LogP contribution in [0.5, 0.6) is 17.2 Å². The fraction of sp³-hybridized carbons (Fsp3) is 0.385. The smallest absolute Gasteiger partial charge is 0.164 e. The van der Waals surface area contributed by atoms with E-state index in [4.69, 9.17) is 19.3 Å². The number of hydrogen-bond donors (Lipinski definition) is 1. The van der Waals surface area contributed by atoms with E-state index in [9.17, 15) is 0 Å². The molecule has 4 heteroatoms. The van der Waals surface area contributed by atoms with Crippen molar-refractivity contribution in [2.24, 2.45) is 0 Å². The number of methoxy groups -OCH3 is 1. The average molecular weight is 236 g/mol. The Hall–Kier alpha value is -1.68. The molecule has 0 amide bonds. The van der Waals surface area contributed by atoms with E-state index in [1.54, 1.807) is 7.11 Å². The molecule has 0 bridgehead atoms. The zero-order valence-corrected chi connectivity index (χ0v) is 9.81. The molecule has 1 aromatic carbocycles. The van der Waals surface area contributed by atoms with Gasteiger partial charge in [-0.25, -0.2) is 0 Å². The van der Waals surface area contributed by atoms with Gasteiger partial charge in [0.15, 0.2) is 11.5 Å².